The van der Waals surface area contributed by atoms with Gasteiger partial charge in [-0.05, 0) is 18.2 Å². The Bertz CT molecular complexity index is 639. The van der Waals surface area contributed by atoms with Crippen LogP contribution >= 0.6 is 11.6 Å². The molecule has 0 amide bonds. The van der Waals surface area contributed by atoms with Crippen LogP contribution in [-0.4, -0.2) is 25.8 Å². The molecule has 2 heterocycles. The Labute approximate surface area is 109 Å². The SMILES string of the molecule is O=C(O)c1ccc(Cl)nc1-n1ccc(C(F)(F)F)n1. The molecule has 0 atom stereocenters. The summed E-state index contributed by atoms with van der Waals surface area (Å²) in [7, 11) is 0. The van der Waals surface area contributed by atoms with Crippen LogP contribution in [0.3, 0.4) is 0 Å². The summed E-state index contributed by atoms with van der Waals surface area (Å²) in [6.45, 7) is 0. The van der Waals surface area contributed by atoms with Gasteiger partial charge in [0.15, 0.2) is 11.5 Å². The number of aromatic nitrogens is 3. The lowest BCUT2D eigenvalue weighted by Gasteiger charge is -2.06. The third kappa shape index (κ3) is 2.68. The van der Waals surface area contributed by atoms with Gasteiger partial charge in [0.2, 0.25) is 0 Å². The standard InChI is InChI=1S/C10H5ClF3N3O2/c11-7-2-1-5(9(18)19)8(15-7)17-4-3-6(16-17)10(12,13)14/h1-4H,(H,18,19). The monoisotopic (exact) mass is 291 g/mol. The normalized spacial score (nSPS) is 11.6. The quantitative estimate of drug-likeness (QED) is 0.864. The van der Waals surface area contributed by atoms with Crippen molar-refractivity contribution in [1.82, 2.24) is 14.8 Å². The molecule has 100 valence electrons. The Hall–Kier alpha value is -2.09. The van der Waals surface area contributed by atoms with E-state index < -0.39 is 17.8 Å². The van der Waals surface area contributed by atoms with Crippen LogP contribution in [0.1, 0.15) is 16.1 Å². The Morgan fingerprint density at radius 1 is 1.32 bits per heavy atom. The zero-order valence-corrected chi connectivity index (χ0v) is 9.77. The van der Waals surface area contributed by atoms with Crippen LogP contribution in [0.25, 0.3) is 5.82 Å². The van der Waals surface area contributed by atoms with Crippen LogP contribution in [0.15, 0.2) is 24.4 Å². The second-order valence-corrected chi connectivity index (χ2v) is 3.84. The maximum atomic E-state index is 12.4. The molecule has 0 aliphatic heterocycles. The van der Waals surface area contributed by atoms with Gasteiger partial charge in [-0.25, -0.2) is 14.5 Å². The first kappa shape index (κ1) is 13.3. The van der Waals surface area contributed by atoms with Crippen LogP contribution in [0.4, 0.5) is 13.2 Å². The lowest BCUT2D eigenvalue weighted by molar-refractivity contribution is -0.141. The zero-order valence-electron chi connectivity index (χ0n) is 9.02. The van der Waals surface area contributed by atoms with Crippen molar-refractivity contribution in [3.63, 3.8) is 0 Å². The molecule has 9 heteroatoms. The number of pyridine rings is 1. The minimum absolute atomic E-state index is 0.0518. The molecule has 0 saturated heterocycles. The number of carboxylic acids is 1. The molecule has 5 nitrogen and oxygen atoms in total. The van der Waals surface area contributed by atoms with E-state index in [2.05, 4.69) is 10.1 Å². The fourth-order valence-electron chi connectivity index (χ4n) is 1.36. The van der Waals surface area contributed by atoms with Crippen LogP contribution < -0.4 is 0 Å². The smallest absolute Gasteiger partial charge is 0.435 e. The number of hydrogen-bond donors (Lipinski definition) is 1. The van der Waals surface area contributed by atoms with E-state index in [9.17, 15) is 18.0 Å². The number of halogens is 4. The van der Waals surface area contributed by atoms with Gasteiger partial charge in [-0.15, -0.1) is 0 Å². The number of carboxylic acid groups (broad SMARTS) is 1. The third-order valence-corrected chi connectivity index (χ3v) is 2.38. The lowest BCUT2D eigenvalue weighted by atomic mass is 10.2. The maximum absolute atomic E-state index is 12.4. The molecule has 0 spiro atoms. The number of rotatable bonds is 2. The molecule has 0 fully saturated rings. The van der Waals surface area contributed by atoms with Crippen LogP contribution in [-0.2, 0) is 6.18 Å². The predicted octanol–water partition coefficient (Wildman–Crippen LogP) is 2.64. The number of aromatic carboxylic acids is 1. The second-order valence-electron chi connectivity index (χ2n) is 3.45. The Morgan fingerprint density at radius 3 is 2.53 bits per heavy atom. The van der Waals surface area contributed by atoms with E-state index in [1.807, 2.05) is 0 Å². The number of alkyl halides is 3. The highest BCUT2D eigenvalue weighted by molar-refractivity contribution is 6.29. The average Bonchev–Trinajstić information content (AvgIpc) is 2.77. The number of hydrogen-bond acceptors (Lipinski definition) is 3. The van der Waals surface area contributed by atoms with Crippen molar-refractivity contribution >= 4 is 17.6 Å². The summed E-state index contributed by atoms with van der Waals surface area (Å²) in [6.07, 6.45) is -3.65. The average molecular weight is 292 g/mol. The van der Waals surface area contributed by atoms with Crippen LogP contribution in [0.5, 0.6) is 0 Å². The van der Waals surface area contributed by atoms with Gasteiger partial charge in [-0.1, -0.05) is 11.6 Å². The minimum atomic E-state index is -4.62. The molecule has 0 saturated carbocycles. The summed E-state index contributed by atoms with van der Waals surface area (Å²) in [5.41, 5.74) is -1.45. The van der Waals surface area contributed by atoms with Crippen LogP contribution in [0, 0.1) is 0 Å². The van der Waals surface area contributed by atoms with Gasteiger partial charge in [0.05, 0.1) is 0 Å². The van der Waals surface area contributed by atoms with Crippen molar-refractivity contribution in [3.8, 4) is 5.82 Å². The molecule has 2 aromatic heterocycles. The molecule has 0 aliphatic carbocycles. The van der Waals surface area contributed by atoms with Crippen molar-refractivity contribution in [1.29, 1.82) is 0 Å². The van der Waals surface area contributed by atoms with Gasteiger partial charge >= 0.3 is 12.1 Å². The van der Waals surface area contributed by atoms with E-state index in [0.29, 0.717) is 6.07 Å². The Balaban J connectivity index is 2.55. The van der Waals surface area contributed by atoms with E-state index in [0.717, 1.165) is 16.9 Å². The van der Waals surface area contributed by atoms with Crippen molar-refractivity contribution in [3.05, 3.63) is 40.8 Å². The van der Waals surface area contributed by atoms with Crippen molar-refractivity contribution in [2.75, 3.05) is 0 Å². The van der Waals surface area contributed by atoms with Gasteiger partial charge in [0.25, 0.3) is 0 Å². The molecule has 19 heavy (non-hydrogen) atoms. The van der Waals surface area contributed by atoms with Gasteiger partial charge in [0.1, 0.15) is 10.7 Å². The topological polar surface area (TPSA) is 68.0 Å². The molecule has 0 aliphatic rings. The van der Waals surface area contributed by atoms with E-state index in [1.54, 1.807) is 0 Å². The van der Waals surface area contributed by atoms with Crippen LogP contribution in [0.2, 0.25) is 5.15 Å². The fraction of sp³-hybridized carbons (Fsp3) is 0.100. The summed E-state index contributed by atoms with van der Waals surface area (Å²) >= 11 is 5.60. The first-order chi connectivity index (χ1) is 8.79. The molecule has 2 rings (SSSR count). The van der Waals surface area contributed by atoms with Gasteiger partial charge in [-0.3, -0.25) is 0 Å². The number of nitrogens with zero attached hydrogens (tertiary/aromatic N) is 3. The Morgan fingerprint density at radius 2 is 2.00 bits per heavy atom. The van der Waals surface area contributed by atoms with E-state index in [1.165, 1.54) is 6.07 Å². The van der Waals surface area contributed by atoms with Crippen molar-refractivity contribution < 1.29 is 23.1 Å². The molecular formula is C10H5ClF3N3O2. The first-order valence-corrected chi connectivity index (χ1v) is 5.20. The number of carbonyl (C=O) groups is 1. The molecular weight excluding hydrogens is 287 g/mol. The highest BCUT2D eigenvalue weighted by atomic mass is 35.5. The van der Waals surface area contributed by atoms with E-state index >= 15 is 0 Å². The maximum Gasteiger partial charge on any atom is 0.435 e. The molecule has 0 bridgehead atoms. The van der Waals surface area contributed by atoms with Gasteiger partial charge < -0.3 is 5.11 Å². The van der Waals surface area contributed by atoms with Gasteiger partial charge in [-0.2, -0.15) is 18.3 Å². The molecule has 1 N–H and O–H groups in total. The van der Waals surface area contributed by atoms with Gasteiger partial charge in [0, 0.05) is 6.20 Å². The largest absolute Gasteiger partial charge is 0.478 e. The van der Waals surface area contributed by atoms with E-state index in [-0.39, 0.29) is 16.5 Å². The third-order valence-electron chi connectivity index (χ3n) is 2.17. The minimum Gasteiger partial charge on any atom is -0.478 e. The summed E-state index contributed by atoms with van der Waals surface area (Å²) in [6, 6.07) is 3.08. The predicted molar refractivity (Wildman–Crippen MR) is 58.3 cm³/mol. The second kappa shape index (κ2) is 4.54. The van der Waals surface area contributed by atoms with Crippen molar-refractivity contribution in [2.24, 2.45) is 0 Å². The molecule has 0 unspecified atom stereocenters. The lowest BCUT2D eigenvalue weighted by Crippen LogP contribution is -2.11. The molecule has 0 aromatic carbocycles. The molecule has 2 aromatic rings. The summed E-state index contributed by atoms with van der Waals surface area (Å²) < 4.78 is 38.0. The highest BCUT2D eigenvalue weighted by Crippen LogP contribution is 2.28. The zero-order chi connectivity index (χ0) is 14.2. The fourth-order valence-corrected chi connectivity index (χ4v) is 1.50. The molecule has 0 radical (unpaired) electrons. The first-order valence-electron chi connectivity index (χ1n) is 4.82. The van der Waals surface area contributed by atoms with Crippen molar-refractivity contribution in [2.45, 2.75) is 6.18 Å². The summed E-state index contributed by atoms with van der Waals surface area (Å²) in [4.78, 5) is 14.6. The Kier molecular flexibility index (Phi) is 3.19. The summed E-state index contributed by atoms with van der Waals surface area (Å²) in [5, 5.41) is 12.1. The van der Waals surface area contributed by atoms with E-state index in [4.69, 9.17) is 16.7 Å². The summed E-state index contributed by atoms with van der Waals surface area (Å²) in [5.74, 6) is -1.63. The highest BCUT2D eigenvalue weighted by Gasteiger charge is 2.34.